The molecule has 0 spiro atoms. The Hall–Kier alpha value is -5.91. The highest BCUT2D eigenvalue weighted by atomic mass is 32.1. The van der Waals surface area contributed by atoms with Gasteiger partial charge in [-0.05, 0) is 100 Å². The lowest BCUT2D eigenvalue weighted by Crippen LogP contribution is -1.98. The van der Waals surface area contributed by atoms with Gasteiger partial charge >= 0.3 is 0 Å². The fourth-order valence-electron chi connectivity index (χ4n) is 6.69. The molecule has 0 N–H and O–H groups in total. The van der Waals surface area contributed by atoms with Crippen molar-refractivity contribution in [3.63, 3.8) is 0 Å². The molecule has 0 unspecified atom stereocenters. The second-order valence-corrected chi connectivity index (χ2v) is 12.9. The lowest BCUT2D eigenvalue weighted by atomic mass is 9.94. The summed E-state index contributed by atoms with van der Waals surface area (Å²) in [7, 11) is 0. The average molecular weight is 641 g/mol. The van der Waals surface area contributed by atoms with Gasteiger partial charge in [0, 0.05) is 31.4 Å². The molecule has 0 aliphatic heterocycles. The maximum atomic E-state index is 14.1. The molecule has 228 valence electrons. The maximum absolute atomic E-state index is 14.1. The summed E-state index contributed by atoms with van der Waals surface area (Å²) < 4.78 is 32.4. The van der Waals surface area contributed by atoms with E-state index in [1.165, 1.54) is 24.3 Å². The van der Waals surface area contributed by atoms with Gasteiger partial charge in [-0.1, -0.05) is 91.0 Å². The van der Waals surface area contributed by atoms with Crippen molar-refractivity contribution in [3.05, 3.63) is 169 Å². The van der Waals surface area contributed by atoms with Gasteiger partial charge in [0.25, 0.3) is 0 Å². The molecular formula is C43H26F2N2S. The van der Waals surface area contributed by atoms with Crippen LogP contribution in [0, 0.1) is 11.6 Å². The van der Waals surface area contributed by atoms with Crippen LogP contribution in [-0.4, -0.2) is 9.55 Å². The lowest BCUT2D eigenvalue weighted by molar-refractivity contribution is 0.627. The topological polar surface area (TPSA) is 17.8 Å². The van der Waals surface area contributed by atoms with Crippen LogP contribution in [0.5, 0.6) is 0 Å². The van der Waals surface area contributed by atoms with E-state index in [4.69, 9.17) is 4.98 Å². The van der Waals surface area contributed by atoms with Crippen molar-refractivity contribution in [1.82, 2.24) is 9.55 Å². The largest absolute Gasteiger partial charge is 0.292 e. The molecular weight excluding hydrogens is 615 g/mol. The number of para-hydroxylation sites is 2. The van der Waals surface area contributed by atoms with Crippen LogP contribution in [0.3, 0.4) is 0 Å². The minimum Gasteiger partial charge on any atom is -0.292 e. The number of fused-ring (bicyclic) bond motifs is 4. The lowest BCUT2D eigenvalue weighted by Gasteiger charge is -2.12. The van der Waals surface area contributed by atoms with Crippen molar-refractivity contribution >= 4 is 42.5 Å². The molecule has 0 atom stereocenters. The SMILES string of the molecule is Fc1ccc(-c2cc(-c3ccc(F)cc3)c3c(c2)sc2c(-c4nc5ccccc5n4-c4cccc(-c5ccccc5)c4)cccc23)cc1. The average Bonchev–Trinajstić information content (AvgIpc) is 3.71. The highest BCUT2D eigenvalue weighted by molar-refractivity contribution is 7.26. The Morgan fingerprint density at radius 2 is 1.17 bits per heavy atom. The van der Waals surface area contributed by atoms with Crippen LogP contribution in [0.15, 0.2) is 158 Å². The number of benzene rings is 7. The van der Waals surface area contributed by atoms with E-state index >= 15 is 0 Å². The molecule has 0 bridgehead atoms. The number of aromatic nitrogens is 2. The number of rotatable bonds is 5. The van der Waals surface area contributed by atoms with Gasteiger partial charge in [-0.3, -0.25) is 4.57 Å². The summed E-state index contributed by atoms with van der Waals surface area (Å²) in [5.41, 5.74) is 10.1. The summed E-state index contributed by atoms with van der Waals surface area (Å²) in [6, 6.07) is 51.2. The molecule has 0 saturated carbocycles. The van der Waals surface area contributed by atoms with Gasteiger partial charge in [-0.15, -0.1) is 11.3 Å². The van der Waals surface area contributed by atoms with E-state index in [1.54, 1.807) is 23.5 Å². The Balaban J connectivity index is 1.31. The van der Waals surface area contributed by atoms with Crippen molar-refractivity contribution in [2.75, 3.05) is 0 Å². The van der Waals surface area contributed by atoms with Crippen LogP contribution < -0.4 is 0 Å². The zero-order valence-corrected chi connectivity index (χ0v) is 26.4. The van der Waals surface area contributed by atoms with E-state index in [9.17, 15) is 8.78 Å². The molecule has 0 fully saturated rings. The van der Waals surface area contributed by atoms with Crippen molar-refractivity contribution in [2.24, 2.45) is 0 Å². The first-order chi connectivity index (χ1) is 23.6. The molecule has 0 saturated heterocycles. The molecule has 5 heteroatoms. The first kappa shape index (κ1) is 28.3. The predicted octanol–water partition coefficient (Wildman–Crippen LogP) is 12.3. The number of hydrogen-bond acceptors (Lipinski definition) is 2. The Kier molecular flexibility index (Phi) is 6.73. The number of thiophene rings is 1. The standard InChI is InChI=1S/C43H26F2N2S/c44-32-20-16-28(17-21-32)31-25-37(29-18-22-33(45)23-19-29)41-35-12-7-13-36(42(35)48-40(41)26-31)43-46-38-14-4-5-15-39(38)47(43)34-11-6-10-30(24-34)27-8-2-1-3-9-27/h1-26H. The quantitative estimate of drug-likeness (QED) is 0.183. The van der Waals surface area contributed by atoms with Gasteiger partial charge in [0.05, 0.1) is 11.0 Å². The fraction of sp³-hybridized carbons (Fsp3) is 0. The van der Waals surface area contributed by atoms with Crippen molar-refractivity contribution < 1.29 is 8.78 Å². The van der Waals surface area contributed by atoms with Gasteiger partial charge < -0.3 is 0 Å². The van der Waals surface area contributed by atoms with Gasteiger partial charge in [0.2, 0.25) is 0 Å². The Morgan fingerprint density at radius 1 is 0.500 bits per heavy atom. The second-order valence-electron chi connectivity index (χ2n) is 11.9. The summed E-state index contributed by atoms with van der Waals surface area (Å²) >= 11 is 1.72. The smallest absolute Gasteiger partial charge is 0.147 e. The van der Waals surface area contributed by atoms with E-state index in [-0.39, 0.29) is 11.6 Å². The van der Waals surface area contributed by atoms with Crippen LogP contribution in [0.25, 0.3) is 81.7 Å². The fourth-order valence-corrected chi connectivity index (χ4v) is 7.97. The highest BCUT2D eigenvalue weighted by Gasteiger charge is 2.21. The molecule has 2 heterocycles. The van der Waals surface area contributed by atoms with Gasteiger partial charge in [-0.2, -0.15) is 0 Å². The minimum atomic E-state index is -0.280. The van der Waals surface area contributed by atoms with E-state index in [2.05, 4.69) is 102 Å². The highest BCUT2D eigenvalue weighted by Crippen LogP contribution is 2.46. The number of nitrogens with zero attached hydrogens (tertiary/aromatic N) is 2. The normalized spacial score (nSPS) is 11.5. The number of halogens is 2. The number of hydrogen-bond donors (Lipinski definition) is 0. The monoisotopic (exact) mass is 640 g/mol. The Bertz CT molecular complexity index is 2620. The van der Waals surface area contributed by atoms with Crippen LogP contribution in [0.4, 0.5) is 8.78 Å². The summed E-state index contributed by atoms with van der Waals surface area (Å²) in [6.45, 7) is 0. The van der Waals surface area contributed by atoms with Gasteiger partial charge in [-0.25, -0.2) is 13.8 Å². The molecule has 0 aliphatic rings. The number of imidazole rings is 1. The predicted molar refractivity (Wildman–Crippen MR) is 196 cm³/mol. The molecule has 0 aliphatic carbocycles. The van der Waals surface area contributed by atoms with E-state index in [0.29, 0.717) is 0 Å². The molecule has 2 nitrogen and oxygen atoms in total. The third-order valence-corrected chi connectivity index (χ3v) is 10.1. The zero-order valence-electron chi connectivity index (χ0n) is 25.6. The zero-order chi connectivity index (χ0) is 32.2. The van der Waals surface area contributed by atoms with Gasteiger partial charge in [0.15, 0.2) is 0 Å². The van der Waals surface area contributed by atoms with Crippen LogP contribution >= 0.6 is 11.3 Å². The third kappa shape index (κ3) is 4.79. The van der Waals surface area contributed by atoms with Crippen LogP contribution in [0.2, 0.25) is 0 Å². The molecule has 0 radical (unpaired) electrons. The Labute approximate surface area is 279 Å². The van der Waals surface area contributed by atoms with Crippen LogP contribution in [-0.2, 0) is 0 Å². The van der Waals surface area contributed by atoms with Crippen molar-refractivity contribution in [3.8, 4) is 50.5 Å². The molecule has 2 aromatic heterocycles. The van der Waals surface area contributed by atoms with Crippen molar-refractivity contribution in [1.29, 1.82) is 0 Å². The molecule has 0 amide bonds. The second kappa shape index (κ2) is 11.4. The van der Waals surface area contributed by atoms with Crippen molar-refractivity contribution in [2.45, 2.75) is 0 Å². The van der Waals surface area contributed by atoms with E-state index < -0.39 is 0 Å². The summed E-state index contributed by atoms with van der Waals surface area (Å²) in [5.74, 6) is 0.306. The van der Waals surface area contributed by atoms with Crippen LogP contribution in [0.1, 0.15) is 0 Å². The molecule has 9 aromatic rings. The molecule has 48 heavy (non-hydrogen) atoms. The summed E-state index contributed by atoms with van der Waals surface area (Å²) in [5, 5.41) is 2.21. The summed E-state index contributed by atoms with van der Waals surface area (Å²) in [4.78, 5) is 5.24. The first-order valence-electron chi connectivity index (χ1n) is 15.8. The minimum absolute atomic E-state index is 0.276. The Morgan fingerprint density at radius 3 is 1.96 bits per heavy atom. The third-order valence-electron chi connectivity index (χ3n) is 8.94. The molecule has 9 rings (SSSR count). The molecule has 7 aromatic carbocycles. The maximum Gasteiger partial charge on any atom is 0.147 e. The first-order valence-corrected chi connectivity index (χ1v) is 16.6. The van der Waals surface area contributed by atoms with Gasteiger partial charge in [0.1, 0.15) is 17.5 Å². The van der Waals surface area contributed by atoms with E-state index in [1.807, 2.05) is 24.3 Å². The summed E-state index contributed by atoms with van der Waals surface area (Å²) in [6.07, 6.45) is 0. The van der Waals surface area contributed by atoms with E-state index in [0.717, 1.165) is 81.7 Å².